The molecule has 0 radical (unpaired) electrons. The third-order valence-electron chi connectivity index (χ3n) is 5.82. The third kappa shape index (κ3) is 4.23. The van der Waals surface area contributed by atoms with Gasteiger partial charge >= 0.3 is 0 Å². The number of thiazole rings is 1. The zero-order valence-corrected chi connectivity index (χ0v) is 15.7. The van der Waals surface area contributed by atoms with E-state index in [0.717, 1.165) is 95.5 Å². The molecule has 0 spiro atoms. The van der Waals surface area contributed by atoms with E-state index in [1.165, 1.54) is 0 Å². The van der Waals surface area contributed by atoms with Gasteiger partial charge in [-0.25, -0.2) is 4.98 Å². The molecule has 0 bridgehead atoms. The highest BCUT2D eigenvalue weighted by molar-refractivity contribution is 7.09. The minimum atomic E-state index is -0.749. The maximum Gasteiger partial charge on any atom is 0.110 e. The van der Waals surface area contributed by atoms with Crippen LogP contribution in [0, 0.1) is 0 Å². The molecule has 1 aromatic heterocycles. The highest BCUT2D eigenvalue weighted by Gasteiger charge is 2.38. The molecular weight excluding hydrogens is 338 g/mol. The van der Waals surface area contributed by atoms with Crippen molar-refractivity contribution in [1.82, 2.24) is 14.8 Å². The summed E-state index contributed by atoms with van der Waals surface area (Å²) in [5.74, 6) is 0. The van der Waals surface area contributed by atoms with Crippen LogP contribution >= 0.6 is 11.3 Å². The summed E-state index contributed by atoms with van der Waals surface area (Å²) in [6, 6.07) is 0.630. The minimum absolute atomic E-state index is 0.630. The van der Waals surface area contributed by atoms with Crippen molar-refractivity contribution in [3.63, 3.8) is 0 Å². The second kappa shape index (κ2) is 7.98. The van der Waals surface area contributed by atoms with Gasteiger partial charge in [-0.15, -0.1) is 11.3 Å². The first kappa shape index (κ1) is 17.8. The number of morpholine rings is 1. The number of aliphatic hydroxyl groups is 1. The van der Waals surface area contributed by atoms with E-state index in [1.54, 1.807) is 11.3 Å². The molecule has 4 heterocycles. The number of rotatable bonds is 4. The van der Waals surface area contributed by atoms with Crippen LogP contribution in [0.15, 0.2) is 5.38 Å². The number of nitrogens with zero attached hydrogens (tertiary/aromatic N) is 3. The molecule has 0 saturated carbocycles. The maximum absolute atomic E-state index is 11.1. The molecule has 0 aliphatic carbocycles. The van der Waals surface area contributed by atoms with E-state index < -0.39 is 5.60 Å². The van der Waals surface area contributed by atoms with Gasteiger partial charge < -0.3 is 14.6 Å². The molecule has 3 aliphatic rings. The molecule has 25 heavy (non-hydrogen) atoms. The molecule has 3 saturated heterocycles. The Kier molecular flexibility index (Phi) is 5.69. The second-order valence-corrected chi connectivity index (χ2v) is 8.37. The van der Waals surface area contributed by atoms with Gasteiger partial charge in [0, 0.05) is 50.8 Å². The molecular formula is C18H29N3O3S. The fourth-order valence-electron chi connectivity index (χ4n) is 4.11. The van der Waals surface area contributed by atoms with E-state index in [-0.39, 0.29) is 0 Å². The Morgan fingerprint density at radius 1 is 1.08 bits per heavy atom. The van der Waals surface area contributed by atoms with E-state index in [0.29, 0.717) is 6.04 Å². The van der Waals surface area contributed by atoms with Crippen LogP contribution in [0.5, 0.6) is 0 Å². The normalized spacial score (nSPS) is 26.8. The Morgan fingerprint density at radius 2 is 1.76 bits per heavy atom. The first-order chi connectivity index (χ1) is 12.2. The number of piperidine rings is 1. The summed E-state index contributed by atoms with van der Waals surface area (Å²) in [5, 5.41) is 14.3. The molecule has 6 nitrogen and oxygen atoms in total. The van der Waals surface area contributed by atoms with Gasteiger partial charge in [-0.3, -0.25) is 9.80 Å². The number of ether oxygens (including phenoxy) is 2. The molecule has 0 atom stereocenters. The van der Waals surface area contributed by atoms with Crippen molar-refractivity contribution in [2.75, 3.05) is 52.6 Å². The van der Waals surface area contributed by atoms with Gasteiger partial charge in [0.1, 0.15) is 10.6 Å². The topological polar surface area (TPSA) is 58.1 Å². The largest absolute Gasteiger partial charge is 0.383 e. The van der Waals surface area contributed by atoms with Crippen molar-refractivity contribution in [3.8, 4) is 0 Å². The molecule has 3 aliphatic heterocycles. The van der Waals surface area contributed by atoms with Crippen LogP contribution < -0.4 is 0 Å². The van der Waals surface area contributed by atoms with Gasteiger partial charge in [-0.05, 0) is 25.7 Å². The predicted molar refractivity (Wildman–Crippen MR) is 96.8 cm³/mol. The molecule has 7 heteroatoms. The second-order valence-electron chi connectivity index (χ2n) is 7.43. The summed E-state index contributed by atoms with van der Waals surface area (Å²) >= 11 is 1.68. The first-order valence-corrected chi connectivity index (χ1v) is 10.4. The average molecular weight is 368 g/mol. The molecule has 0 aromatic carbocycles. The molecule has 1 aromatic rings. The first-order valence-electron chi connectivity index (χ1n) is 9.52. The lowest BCUT2D eigenvalue weighted by molar-refractivity contribution is -0.0526. The zero-order chi connectivity index (χ0) is 17.1. The van der Waals surface area contributed by atoms with Gasteiger partial charge in [0.2, 0.25) is 0 Å². The van der Waals surface area contributed by atoms with Crippen LogP contribution in [0.4, 0.5) is 0 Å². The predicted octanol–water partition coefficient (Wildman–Crippen LogP) is 1.44. The lowest BCUT2D eigenvalue weighted by atomic mass is 9.87. The van der Waals surface area contributed by atoms with Crippen molar-refractivity contribution in [3.05, 3.63) is 16.1 Å². The molecule has 4 rings (SSSR count). The highest BCUT2D eigenvalue weighted by atomic mass is 32.1. The zero-order valence-electron chi connectivity index (χ0n) is 14.9. The average Bonchev–Trinajstić information content (AvgIpc) is 3.13. The van der Waals surface area contributed by atoms with Gasteiger partial charge in [0.25, 0.3) is 0 Å². The van der Waals surface area contributed by atoms with E-state index in [4.69, 9.17) is 14.5 Å². The lowest BCUT2D eigenvalue weighted by Gasteiger charge is -2.42. The summed E-state index contributed by atoms with van der Waals surface area (Å²) in [6.07, 6.45) is 3.81. The quantitative estimate of drug-likeness (QED) is 0.869. The van der Waals surface area contributed by atoms with Crippen LogP contribution in [0.3, 0.4) is 0 Å². The number of likely N-dealkylation sites (tertiary alicyclic amines) is 1. The van der Waals surface area contributed by atoms with E-state index in [2.05, 4.69) is 15.2 Å². The number of aromatic nitrogens is 1. The Labute approximate surface area is 153 Å². The fraction of sp³-hybridized carbons (Fsp3) is 0.833. The van der Waals surface area contributed by atoms with Crippen LogP contribution in [-0.2, 0) is 21.6 Å². The standard InChI is InChI=1S/C18H29N3O3S/c22-18(3-5-21(6-4-18)15-1-9-23-10-2-15)16-14-25-17(19-16)13-20-7-11-24-12-8-20/h14-15,22H,1-13H2. The smallest absolute Gasteiger partial charge is 0.110 e. The van der Waals surface area contributed by atoms with Crippen molar-refractivity contribution >= 4 is 11.3 Å². The molecule has 1 N–H and O–H groups in total. The van der Waals surface area contributed by atoms with Crippen LogP contribution in [0.25, 0.3) is 0 Å². The highest BCUT2D eigenvalue weighted by Crippen LogP contribution is 2.35. The molecule has 0 amide bonds. The van der Waals surface area contributed by atoms with Crippen LogP contribution in [-0.4, -0.2) is 78.5 Å². The Morgan fingerprint density at radius 3 is 2.48 bits per heavy atom. The monoisotopic (exact) mass is 367 g/mol. The van der Waals surface area contributed by atoms with Gasteiger partial charge in [-0.1, -0.05) is 0 Å². The fourth-order valence-corrected chi connectivity index (χ4v) is 5.04. The van der Waals surface area contributed by atoms with Crippen molar-refractivity contribution in [1.29, 1.82) is 0 Å². The molecule has 3 fully saturated rings. The molecule has 140 valence electrons. The van der Waals surface area contributed by atoms with Crippen molar-refractivity contribution < 1.29 is 14.6 Å². The van der Waals surface area contributed by atoms with E-state index in [1.807, 2.05) is 0 Å². The number of hydrogen-bond acceptors (Lipinski definition) is 7. The third-order valence-corrected chi connectivity index (χ3v) is 6.66. The van der Waals surface area contributed by atoms with Gasteiger partial charge in [0.05, 0.1) is 25.5 Å². The van der Waals surface area contributed by atoms with Gasteiger partial charge in [-0.2, -0.15) is 0 Å². The van der Waals surface area contributed by atoms with Crippen molar-refractivity contribution in [2.45, 2.75) is 43.9 Å². The SMILES string of the molecule is OC1(c2csc(CN3CCOCC3)n2)CCN(C2CCOCC2)CC1. The van der Waals surface area contributed by atoms with Crippen LogP contribution in [0.1, 0.15) is 36.4 Å². The maximum atomic E-state index is 11.1. The van der Waals surface area contributed by atoms with Gasteiger partial charge in [0.15, 0.2) is 0 Å². The minimum Gasteiger partial charge on any atom is -0.383 e. The van der Waals surface area contributed by atoms with Crippen LogP contribution in [0.2, 0.25) is 0 Å². The molecule has 0 unspecified atom stereocenters. The summed E-state index contributed by atoms with van der Waals surface area (Å²) in [4.78, 5) is 9.70. The summed E-state index contributed by atoms with van der Waals surface area (Å²) in [6.45, 7) is 8.10. The van der Waals surface area contributed by atoms with Crippen molar-refractivity contribution in [2.24, 2.45) is 0 Å². The Balaban J connectivity index is 1.33. The van der Waals surface area contributed by atoms with E-state index in [9.17, 15) is 5.11 Å². The van der Waals surface area contributed by atoms with E-state index >= 15 is 0 Å². The summed E-state index contributed by atoms with van der Waals surface area (Å²) in [7, 11) is 0. The Hall–Kier alpha value is -0.570. The Bertz CT molecular complexity index is 548. The number of hydrogen-bond donors (Lipinski definition) is 1. The lowest BCUT2D eigenvalue weighted by Crippen LogP contribution is -2.48. The summed E-state index contributed by atoms with van der Waals surface area (Å²) in [5.41, 5.74) is 0.133. The summed E-state index contributed by atoms with van der Waals surface area (Å²) < 4.78 is 10.9.